The maximum absolute atomic E-state index is 12.2. The minimum Gasteiger partial charge on any atom is -0.462 e. The molecule has 0 aromatic carbocycles. The first kappa shape index (κ1) is 17.4. The zero-order valence-corrected chi connectivity index (χ0v) is 13.9. The van der Waals surface area contributed by atoms with Gasteiger partial charge >= 0.3 is 17.8 Å². The normalized spacial score (nSPS) is 14.0. The van der Waals surface area contributed by atoms with Gasteiger partial charge in [-0.2, -0.15) is 0 Å². The number of hydrogen-bond donors (Lipinski definition) is 3. The van der Waals surface area contributed by atoms with Crippen molar-refractivity contribution in [3.63, 3.8) is 0 Å². The third-order valence-corrected chi connectivity index (χ3v) is 4.69. The van der Waals surface area contributed by atoms with Crippen molar-refractivity contribution in [1.82, 2.24) is 5.32 Å². The van der Waals surface area contributed by atoms with Crippen LogP contribution in [0.15, 0.2) is 0 Å². The maximum atomic E-state index is 12.2. The van der Waals surface area contributed by atoms with Crippen molar-refractivity contribution in [3.05, 3.63) is 16.0 Å². The Hall–Kier alpha value is -1.93. The quantitative estimate of drug-likeness (QED) is 0.544. The van der Waals surface area contributed by atoms with E-state index >= 15 is 0 Å². The number of amides is 2. The third kappa shape index (κ3) is 3.89. The second-order valence-electron chi connectivity index (χ2n) is 5.29. The molecule has 1 aromatic rings. The third-order valence-electron chi connectivity index (χ3n) is 3.49. The van der Waals surface area contributed by atoms with E-state index in [1.807, 2.05) is 0 Å². The molecule has 0 saturated carbocycles. The Bertz CT molecular complexity index is 626. The van der Waals surface area contributed by atoms with Crippen molar-refractivity contribution in [1.29, 1.82) is 0 Å². The fourth-order valence-electron chi connectivity index (χ4n) is 2.41. The van der Waals surface area contributed by atoms with E-state index in [-0.39, 0.29) is 13.2 Å². The van der Waals surface area contributed by atoms with Gasteiger partial charge in [0.2, 0.25) is 0 Å². The Balaban J connectivity index is 2.18. The highest BCUT2D eigenvalue weighted by molar-refractivity contribution is 7.17. The first-order valence-electron chi connectivity index (χ1n) is 7.52. The van der Waals surface area contributed by atoms with Crippen LogP contribution < -0.4 is 10.6 Å². The standard InChI is InChI=1S/C15H20N2O5S/c1-3-22-15(21)11-9-5-4-6-10(9)23-14(11)17-13(20)12(19)16-8(2)7-18/h8,18H,3-7H2,1-2H3,(H,16,19)(H,17,20). The fraction of sp³-hybridized carbons (Fsp3) is 0.533. The number of fused-ring (bicyclic) bond motifs is 1. The van der Waals surface area contributed by atoms with Crippen LogP contribution in [0.3, 0.4) is 0 Å². The van der Waals surface area contributed by atoms with E-state index in [2.05, 4.69) is 10.6 Å². The summed E-state index contributed by atoms with van der Waals surface area (Å²) in [6.07, 6.45) is 2.59. The smallest absolute Gasteiger partial charge is 0.341 e. The Labute approximate surface area is 138 Å². The SMILES string of the molecule is CCOC(=O)c1c(NC(=O)C(=O)NC(C)CO)sc2c1CCC2. The van der Waals surface area contributed by atoms with Gasteiger partial charge in [-0.1, -0.05) is 0 Å². The fourth-order valence-corrected chi connectivity index (χ4v) is 3.68. The molecule has 0 saturated heterocycles. The van der Waals surface area contributed by atoms with Gasteiger partial charge in [0.15, 0.2) is 0 Å². The van der Waals surface area contributed by atoms with Crippen LogP contribution in [0.2, 0.25) is 0 Å². The first-order valence-corrected chi connectivity index (χ1v) is 8.33. The summed E-state index contributed by atoms with van der Waals surface area (Å²) in [7, 11) is 0. The molecule has 1 atom stereocenters. The van der Waals surface area contributed by atoms with Gasteiger partial charge in [-0.15, -0.1) is 11.3 Å². The second kappa shape index (κ2) is 7.56. The van der Waals surface area contributed by atoms with Crippen molar-refractivity contribution < 1.29 is 24.2 Å². The molecule has 1 aliphatic rings. The van der Waals surface area contributed by atoms with E-state index in [0.717, 1.165) is 29.7 Å². The number of aliphatic hydroxyl groups excluding tert-OH is 1. The number of aliphatic hydroxyl groups is 1. The molecule has 0 spiro atoms. The molecule has 0 bridgehead atoms. The van der Waals surface area contributed by atoms with Crippen molar-refractivity contribution in [3.8, 4) is 0 Å². The van der Waals surface area contributed by atoms with E-state index in [1.165, 1.54) is 11.3 Å². The molecule has 0 radical (unpaired) electrons. The zero-order valence-electron chi connectivity index (χ0n) is 13.1. The van der Waals surface area contributed by atoms with Gasteiger partial charge in [-0.05, 0) is 38.7 Å². The molecule has 0 fully saturated rings. The summed E-state index contributed by atoms with van der Waals surface area (Å²) in [5, 5.41) is 14.1. The molecule has 23 heavy (non-hydrogen) atoms. The zero-order chi connectivity index (χ0) is 17.0. The Morgan fingerprint density at radius 3 is 2.70 bits per heavy atom. The number of carbonyl (C=O) groups is 3. The van der Waals surface area contributed by atoms with Crippen LogP contribution in [-0.2, 0) is 27.2 Å². The molecule has 7 nitrogen and oxygen atoms in total. The van der Waals surface area contributed by atoms with E-state index < -0.39 is 23.8 Å². The molecule has 1 unspecified atom stereocenters. The number of hydrogen-bond acceptors (Lipinski definition) is 6. The number of anilines is 1. The summed E-state index contributed by atoms with van der Waals surface area (Å²) in [6, 6.07) is -0.522. The van der Waals surface area contributed by atoms with Crippen LogP contribution in [-0.4, -0.2) is 42.1 Å². The minimum absolute atomic E-state index is 0.241. The molecule has 3 N–H and O–H groups in total. The summed E-state index contributed by atoms with van der Waals surface area (Å²) < 4.78 is 5.06. The number of ether oxygens (including phenoxy) is 1. The minimum atomic E-state index is -0.865. The highest BCUT2D eigenvalue weighted by Gasteiger charge is 2.29. The second-order valence-corrected chi connectivity index (χ2v) is 6.40. The Morgan fingerprint density at radius 1 is 1.30 bits per heavy atom. The van der Waals surface area contributed by atoms with Gasteiger partial charge in [-0.25, -0.2) is 4.79 Å². The van der Waals surface area contributed by atoms with E-state index in [4.69, 9.17) is 9.84 Å². The molecular weight excluding hydrogens is 320 g/mol. The van der Waals surface area contributed by atoms with Crippen molar-refractivity contribution in [2.24, 2.45) is 0 Å². The van der Waals surface area contributed by atoms with Crippen LogP contribution in [0.25, 0.3) is 0 Å². The van der Waals surface area contributed by atoms with Gasteiger partial charge in [0.05, 0.1) is 18.8 Å². The molecule has 126 valence electrons. The lowest BCUT2D eigenvalue weighted by atomic mass is 10.1. The lowest BCUT2D eigenvalue weighted by Gasteiger charge is -2.11. The molecule has 8 heteroatoms. The van der Waals surface area contributed by atoms with E-state index in [0.29, 0.717) is 10.6 Å². The summed E-state index contributed by atoms with van der Waals surface area (Å²) in [5.41, 5.74) is 1.27. The van der Waals surface area contributed by atoms with Crippen molar-refractivity contribution >= 4 is 34.1 Å². The highest BCUT2D eigenvalue weighted by Crippen LogP contribution is 2.39. The number of thiophene rings is 1. The molecule has 1 aromatic heterocycles. The molecule has 1 heterocycles. The molecular formula is C15H20N2O5S. The first-order chi connectivity index (χ1) is 11.0. The summed E-state index contributed by atoms with van der Waals surface area (Å²) >= 11 is 1.31. The number of esters is 1. The predicted molar refractivity (Wildman–Crippen MR) is 85.6 cm³/mol. The molecule has 2 rings (SSSR count). The van der Waals surface area contributed by atoms with E-state index in [9.17, 15) is 14.4 Å². The van der Waals surface area contributed by atoms with Gasteiger partial charge in [0.1, 0.15) is 5.00 Å². The maximum Gasteiger partial charge on any atom is 0.341 e. The lowest BCUT2D eigenvalue weighted by Crippen LogP contribution is -2.42. The topological polar surface area (TPSA) is 105 Å². The van der Waals surface area contributed by atoms with Gasteiger partial charge < -0.3 is 20.5 Å². The highest BCUT2D eigenvalue weighted by atomic mass is 32.1. The average molecular weight is 340 g/mol. The van der Waals surface area contributed by atoms with Crippen molar-refractivity contribution in [2.75, 3.05) is 18.5 Å². The van der Waals surface area contributed by atoms with Crippen molar-refractivity contribution in [2.45, 2.75) is 39.2 Å². The molecule has 1 aliphatic carbocycles. The van der Waals surface area contributed by atoms with Crippen LogP contribution >= 0.6 is 11.3 Å². The number of rotatable bonds is 5. The summed E-state index contributed by atoms with van der Waals surface area (Å²) in [5.74, 6) is -2.20. The van der Waals surface area contributed by atoms with Crippen LogP contribution in [0.4, 0.5) is 5.00 Å². The Morgan fingerprint density at radius 2 is 2.04 bits per heavy atom. The summed E-state index contributed by atoms with van der Waals surface area (Å²) in [6.45, 7) is 3.27. The van der Waals surface area contributed by atoms with Gasteiger partial charge in [0, 0.05) is 10.9 Å². The largest absolute Gasteiger partial charge is 0.462 e. The predicted octanol–water partition coefficient (Wildman–Crippen LogP) is 0.849. The van der Waals surface area contributed by atoms with Crippen LogP contribution in [0, 0.1) is 0 Å². The van der Waals surface area contributed by atoms with E-state index in [1.54, 1.807) is 13.8 Å². The van der Waals surface area contributed by atoms with Crippen LogP contribution in [0.5, 0.6) is 0 Å². The number of nitrogens with one attached hydrogen (secondary N) is 2. The molecule has 0 aliphatic heterocycles. The van der Waals surface area contributed by atoms with Gasteiger partial charge in [-0.3, -0.25) is 9.59 Å². The molecule has 2 amide bonds. The van der Waals surface area contributed by atoms with Crippen LogP contribution in [0.1, 0.15) is 41.1 Å². The Kier molecular flexibility index (Phi) is 5.73. The summed E-state index contributed by atoms with van der Waals surface area (Å²) in [4.78, 5) is 36.9. The number of aryl methyl sites for hydroxylation is 1. The van der Waals surface area contributed by atoms with Gasteiger partial charge in [0.25, 0.3) is 0 Å². The lowest BCUT2D eigenvalue weighted by molar-refractivity contribution is -0.136. The monoisotopic (exact) mass is 340 g/mol. The number of carbonyl (C=O) groups excluding carboxylic acids is 3. The average Bonchev–Trinajstić information content (AvgIpc) is 3.07.